The lowest BCUT2D eigenvalue weighted by atomic mass is 9.84. The average molecular weight is 413 g/mol. The molecule has 1 fully saturated rings. The van der Waals surface area contributed by atoms with Crippen LogP contribution in [0.3, 0.4) is 0 Å². The van der Waals surface area contributed by atoms with E-state index in [1.807, 2.05) is 30.0 Å². The molecule has 30 heavy (non-hydrogen) atoms. The molecule has 1 unspecified atom stereocenters. The molecule has 1 atom stereocenters. The van der Waals surface area contributed by atoms with Crippen LogP contribution < -0.4 is 4.90 Å². The molecule has 0 spiro atoms. The molecule has 2 aliphatic rings. The second-order valence-electron chi connectivity index (χ2n) is 8.39. The number of β-amino-alcohol motifs (C(OH)–C–C–N with tert-alkyl or cyclic N) is 1. The van der Waals surface area contributed by atoms with Crippen molar-refractivity contribution in [1.82, 2.24) is 4.90 Å². The predicted octanol–water partition coefficient (Wildman–Crippen LogP) is 3.14. The van der Waals surface area contributed by atoms with E-state index in [0.717, 1.165) is 28.8 Å². The molecular weight excluding hydrogens is 383 g/mol. The maximum Gasteiger partial charge on any atom is 0.226 e. The summed E-state index contributed by atoms with van der Waals surface area (Å²) < 4.78 is 13.2. The number of fused-ring (bicyclic) bond motifs is 1. The summed E-state index contributed by atoms with van der Waals surface area (Å²) in [6, 6.07) is 11.9. The van der Waals surface area contributed by atoms with Crippen molar-refractivity contribution in [3.05, 3.63) is 65.0 Å². The number of carbonyl (C=O) groups is 1. The van der Waals surface area contributed by atoms with Gasteiger partial charge in [-0.3, -0.25) is 4.79 Å². The molecule has 6 heteroatoms. The van der Waals surface area contributed by atoms with Gasteiger partial charge in [-0.25, -0.2) is 4.39 Å². The van der Waals surface area contributed by atoms with Crippen LogP contribution in [0.1, 0.15) is 49.0 Å². The Bertz CT molecular complexity index is 907. The van der Waals surface area contributed by atoms with Crippen molar-refractivity contribution in [1.29, 1.82) is 0 Å². The molecule has 2 N–H and O–H groups in total. The predicted molar refractivity (Wildman–Crippen MR) is 114 cm³/mol. The van der Waals surface area contributed by atoms with E-state index in [2.05, 4.69) is 4.90 Å². The van der Waals surface area contributed by atoms with E-state index < -0.39 is 11.7 Å². The molecule has 4 rings (SSSR count). The van der Waals surface area contributed by atoms with Crippen LogP contribution in [-0.2, 0) is 16.8 Å². The minimum Gasteiger partial charge on any atom is -0.387 e. The zero-order valence-electron chi connectivity index (χ0n) is 17.4. The van der Waals surface area contributed by atoms with Gasteiger partial charge in [-0.1, -0.05) is 31.2 Å². The minimum absolute atomic E-state index is 0.129. The first-order valence-electron chi connectivity index (χ1n) is 10.7. The van der Waals surface area contributed by atoms with Crippen molar-refractivity contribution >= 4 is 11.6 Å². The molecule has 160 valence electrons. The highest BCUT2D eigenvalue weighted by atomic mass is 19.1. The van der Waals surface area contributed by atoms with Gasteiger partial charge in [0.05, 0.1) is 11.7 Å². The number of aliphatic hydroxyl groups excluding tert-OH is 1. The highest BCUT2D eigenvalue weighted by Gasteiger charge is 2.34. The Labute approximate surface area is 176 Å². The van der Waals surface area contributed by atoms with Gasteiger partial charge in [-0.05, 0) is 54.2 Å². The Morgan fingerprint density at radius 2 is 1.83 bits per heavy atom. The van der Waals surface area contributed by atoms with Crippen LogP contribution in [0.25, 0.3) is 0 Å². The molecule has 0 radical (unpaired) electrons. The van der Waals surface area contributed by atoms with Gasteiger partial charge in [-0.2, -0.15) is 0 Å². The number of amides is 1. The number of aliphatic hydroxyl groups is 2. The number of carbonyl (C=O) groups excluding carboxylic acids is 1. The monoisotopic (exact) mass is 412 g/mol. The number of halogens is 1. The second-order valence-corrected chi connectivity index (χ2v) is 8.39. The third-order valence-electron chi connectivity index (χ3n) is 6.48. The van der Waals surface area contributed by atoms with Crippen molar-refractivity contribution in [2.24, 2.45) is 0 Å². The van der Waals surface area contributed by atoms with Crippen LogP contribution >= 0.6 is 0 Å². The molecule has 2 aromatic rings. The number of nitrogens with zero attached hydrogens (tertiary/aromatic N) is 2. The highest BCUT2D eigenvalue weighted by molar-refractivity contribution is 5.95. The van der Waals surface area contributed by atoms with Crippen LogP contribution in [0.4, 0.5) is 10.1 Å². The lowest BCUT2D eigenvalue weighted by Gasteiger charge is -2.39. The average Bonchev–Trinajstić information content (AvgIpc) is 3.18. The van der Waals surface area contributed by atoms with Gasteiger partial charge >= 0.3 is 0 Å². The Hall–Kier alpha value is -2.28. The van der Waals surface area contributed by atoms with Crippen LogP contribution in [0.15, 0.2) is 42.5 Å². The van der Waals surface area contributed by atoms with E-state index in [1.54, 1.807) is 12.1 Å². The molecule has 0 aromatic heterocycles. The van der Waals surface area contributed by atoms with Gasteiger partial charge < -0.3 is 20.0 Å². The molecule has 1 amide bonds. The summed E-state index contributed by atoms with van der Waals surface area (Å²) in [5, 5.41) is 21.7. The van der Waals surface area contributed by atoms with Gasteiger partial charge in [0.1, 0.15) is 5.82 Å². The fourth-order valence-electron chi connectivity index (χ4n) is 4.58. The van der Waals surface area contributed by atoms with Crippen LogP contribution in [0, 0.1) is 5.82 Å². The largest absolute Gasteiger partial charge is 0.387 e. The molecule has 5 nitrogen and oxygen atoms in total. The Kier molecular flexibility index (Phi) is 5.91. The SMILES string of the molecule is CCC(=O)N1CCc2cc(C(O)CN3CCC(O)(c4ccc(F)cc4)CC3)ccc21. The Balaban J connectivity index is 1.37. The fraction of sp³-hybridized carbons (Fsp3) is 0.458. The molecule has 2 aliphatic heterocycles. The van der Waals surface area contributed by atoms with Crippen LogP contribution in [0.5, 0.6) is 0 Å². The van der Waals surface area contributed by atoms with E-state index in [9.17, 15) is 19.4 Å². The molecule has 0 bridgehead atoms. The van der Waals surface area contributed by atoms with Crippen molar-refractivity contribution < 1.29 is 19.4 Å². The van der Waals surface area contributed by atoms with Gasteiger partial charge in [0, 0.05) is 38.3 Å². The minimum atomic E-state index is -0.946. The van der Waals surface area contributed by atoms with E-state index in [1.165, 1.54) is 12.1 Å². The number of hydrogen-bond donors (Lipinski definition) is 2. The summed E-state index contributed by atoms with van der Waals surface area (Å²) in [6.07, 6.45) is 1.77. The first-order valence-corrected chi connectivity index (χ1v) is 10.7. The van der Waals surface area contributed by atoms with E-state index in [4.69, 9.17) is 0 Å². The molecule has 0 aliphatic carbocycles. The summed E-state index contributed by atoms with van der Waals surface area (Å²) in [5.74, 6) is -0.177. The Morgan fingerprint density at radius 3 is 2.50 bits per heavy atom. The lowest BCUT2D eigenvalue weighted by molar-refractivity contribution is -0.118. The molecule has 1 saturated heterocycles. The molecule has 0 saturated carbocycles. The van der Waals surface area contributed by atoms with Crippen LogP contribution in [0.2, 0.25) is 0 Å². The number of hydrogen-bond acceptors (Lipinski definition) is 4. The summed E-state index contributed by atoms with van der Waals surface area (Å²) >= 11 is 0. The first-order chi connectivity index (χ1) is 14.4. The molecule has 2 aromatic carbocycles. The topological polar surface area (TPSA) is 64.0 Å². The maximum absolute atomic E-state index is 13.2. The number of anilines is 1. The number of benzene rings is 2. The highest BCUT2D eigenvalue weighted by Crippen LogP contribution is 2.34. The summed E-state index contributed by atoms with van der Waals surface area (Å²) in [5.41, 5.74) is 2.73. The first kappa shape index (κ1) is 21.0. The zero-order chi connectivity index (χ0) is 21.3. The lowest BCUT2D eigenvalue weighted by Crippen LogP contribution is -2.44. The smallest absolute Gasteiger partial charge is 0.226 e. The van der Waals surface area contributed by atoms with Gasteiger partial charge in [-0.15, -0.1) is 0 Å². The maximum atomic E-state index is 13.2. The van der Waals surface area contributed by atoms with Crippen molar-refractivity contribution in [2.45, 2.75) is 44.3 Å². The standard InChI is InChI=1S/C24H29FN2O3/c1-2-23(29)27-12-9-17-15-18(3-8-21(17)27)22(28)16-26-13-10-24(30,11-14-26)19-4-6-20(25)7-5-19/h3-8,15,22,28,30H,2,9-14,16H2,1H3. The summed E-state index contributed by atoms with van der Waals surface area (Å²) in [4.78, 5) is 16.0. The summed E-state index contributed by atoms with van der Waals surface area (Å²) in [6.45, 7) is 4.39. The van der Waals surface area contributed by atoms with Crippen molar-refractivity contribution in [3.63, 3.8) is 0 Å². The molecule has 2 heterocycles. The fourth-order valence-corrected chi connectivity index (χ4v) is 4.58. The quantitative estimate of drug-likeness (QED) is 0.792. The zero-order valence-corrected chi connectivity index (χ0v) is 17.4. The van der Waals surface area contributed by atoms with Crippen LogP contribution in [-0.4, -0.2) is 47.2 Å². The van der Waals surface area contributed by atoms with E-state index in [-0.39, 0.29) is 11.7 Å². The van der Waals surface area contributed by atoms with Crippen molar-refractivity contribution in [3.8, 4) is 0 Å². The number of piperidine rings is 1. The Morgan fingerprint density at radius 1 is 1.13 bits per heavy atom. The van der Waals surface area contributed by atoms with Gasteiger partial charge in [0.2, 0.25) is 5.91 Å². The third kappa shape index (κ3) is 4.13. The second kappa shape index (κ2) is 8.46. The molecular formula is C24H29FN2O3. The van der Waals surface area contributed by atoms with Crippen molar-refractivity contribution in [2.75, 3.05) is 31.1 Å². The normalized spacial score (nSPS) is 19.5. The number of rotatable bonds is 5. The van der Waals surface area contributed by atoms with E-state index in [0.29, 0.717) is 45.4 Å². The van der Waals surface area contributed by atoms with Gasteiger partial charge in [0.25, 0.3) is 0 Å². The third-order valence-corrected chi connectivity index (χ3v) is 6.48. The van der Waals surface area contributed by atoms with E-state index >= 15 is 0 Å². The number of likely N-dealkylation sites (tertiary alicyclic amines) is 1. The summed E-state index contributed by atoms with van der Waals surface area (Å²) in [7, 11) is 0. The van der Waals surface area contributed by atoms with Gasteiger partial charge in [0.15, 0.2) is 0 Å².